The van der Waals surface area contributed by atoms with Gasteiger partial charge in [-0.1, -0.05) is 42.0 Å². The fourth-order valence-electron chi connectivity index (χ4n) is 2.80. The van der Waals surface area contributed by atoms with Crippen LogP contribution in [-0.2, 0) is 17.8 Å². The van der Waals surface area contributed by atoms with Crippen molar-refractivity contribution in [1.82, 2.24) is 9.78 Å². The van der Waals surface area contributed by atoms with Crippen molar-refractivity contribution in [3.8, 4) is 0 Å². The van der Waals surface area contributed by atoms with Crippen LogP contribution in [0.2, 0.25) is 0 Å². The zero-order valence-corrected chi connectivity index (χ0v) is 15.4. The van der Waals surface area contributed by atoms with Gasteiger partial charge in [0.15, 0.2) is 5.82 Å². The van der Waals surface area contributed by atoms with E-state index in [4.69, 9.17) is 0 Å². The number of amides is 1. The summed E-state index contributed by atoms with van der Waals surface area (Å²) < 4.78 is 1.83. The van der Waals surface area contributed by atoms with Crippen LogP contribution in [0.4, 0.5) is 11.5 Å². The number of carbonyl (C=O) groups excluding carboxylic acids is 1. The second-order valence-corrected chi connectivity index (χ2v) is 6.67. The highest BCUT2D eigenvalue weighted by Gasteiger charge is 2.07. The molecule has 1 heterocycles. The molecule has 1 N–H and O–H groups in total. The van der Waals surface area contributed by atoms with E-state index in [0.29, 0.717) is 18.8 Å². The van der Waals surface area contributed by atoms with Gasteiger partial charge < -0.3 is 10.2 Å². The van der Waals surface area contributed by atoms with Crippen molar-refractivity contribution in [3.63, 3.8) is 0 Å². The van der Waals surface area contributed by atoms with Gasteiger partial charge in [-0.15, -0.1) is 0 Å². The van der Waals surface area contributed by atoms with Crippen molar-refractivity contribution in [2.24, 2.45) is 0 Å². The summed E-state index contributed by atoms with van der Waals surface area (Å²) in [6.45, 7) is 2.76. The molecule has 0 aliphatic heterocycles. The minimum Gasteiger partial charge on any atom is -0.378 e. The molecule has 0 spiro atoms. The SMILES string of the molecule is Cc1cccc(Cn2ccc(NC(=O)Cc3ccc(N(C)C)cc3)n2)c1. The van der Waals surface area contributed by atoms with E-state index in [1.54, 1.807) is 0 Å². The first-order chi connectivity index (χ1) is 12.5. The summed E-state index contributed by atoms with van der Waals surface area (Å²) in [5.41, 5.74) is 4.51. The predicted octanol–water partition coefficient (Wildman–Crippen LogP) is 3.49. The van der Waals surface area contributed by atoms with E-state index in [2.05, 4.69) is 35.5 Å². The van der Waals surface area contributed by atoms with Gasteiger partial charge in [0, 0.05) is 32.0 Å². The fourth-order valence-corrected chi connectivity index (χ4v) is 2.80. The molecule has 0 fully saturated rings. The van der Waals surface area contributed by atoms with Crippen LogP contribution < -0.4 is 10.2 Å². The molecule has 0 aliphatic rings. The zero-order valence-electron chi connectivity index (χ0n) is 15.4. The lowest BCUT2D eigenvalue weighted by atomic mass is 10.1. The van der Waals surface area contributed by atoms with Gasteiger partial charge in [0.1, 0.15) is 0 Å². The number of carbonyl (C=O) groups is 1. The van der Waals surface area contributed by atoms with Gasteiger partial charge in [0.2, 0.25) is 5.91 Å². The second-order valence-electron chi connectivity index (χ2n) is 6.67. The van der Waals surface area contributed by atoms with Crippen molar-refractivity contribution in [2.45, 2.75) is 19.9 Å². The molecule has 26 heavy (non-hydrogen) atoms. The highest BCUT2D eigenvalue weighted by molar-refractivity contribution is 5.91. The summed E-state index contributed by atoms with van der Waals surface area (Å²) in [6, 6.07) is 18.1. The Labute approximate surface area is 154 Å². The third-order valence-corrected chi connectivity index (χ3v) is 4.15. The number of anilines is 2. The lowest BCUT2D eigenvalue weighted by Crippen LogP contribution is -2.15. The van der Waals surface area contributed by atoms with Crippen LogP contribution in [-0.4, -0.2) is 29.8 Å². The molecule has 0 saturated heterocycles. The maximum atomic E-state index is 12.2. The maximum Gasteiger partial charge on any atom is 0.229 e. The third kappa shape index (κ3) is 4.72. The molecule has 0 aliphatic carbocycles. The Morgan fingerprint density at radius 1 is 1.08 bits per heavy atom. The summed E-state index contributed by atoms with van der Waals surface area (Å²) >= 11 is 0. The Kier molecular flexibility index (Phi) is 5.37. The molecule has 5 heteroatoms. The largest absolute Gasteiger partial charge is 0.378 e. The van der Waals surface area contributed by atoms with Crippen LogP contribution >= 0.6 is 0 Å². The van der Waals surface area contributed by atoms with E-state index in [-0.39, 0.29) is 5.91 Å². The molecule has 0 unspecified atom stereocenters. The Morgan fingerprint density at radius 3 is 2.54 bits per heavy atom. The van der Waals surface area contributed by atoms with E-state index in [1.807, 2.05) is 66.3 Å². The summed E-state index contributed by atoms with van der Waals surface area (Å²) in [5, 5.41) is 7.30. The number of aromatic nitrogens is 2. The van der Waals surface area contributed by atoms with Crippen molar-refractivity contribution < 1.29 is 4.79 Å². The molecule has 1 aromatic heterocycles. The monoisotopic (exact) mass is 348 g/mol. The van der Waals surface area contributed by atoms with Crippen LogP contribution in [0.15, 0.2) is 60.8 Å². The number of hydrogen-bond acceptors (Lipinski definition) is 3. The molecule has 134 valence electrons. The van der Waals surface area contributed by atoms with E-state index < -0.39 is 0 Å². The number of benzene rings is 2. The van der Waals surface area contributed by atoms with Crippen molar-refractivity contribution in [2.75, 3.05) is 24.3 Å². The van der Waals surface area contributed by atoms with Gasteiger partial charge >= 0.3 is 0 Å². The van der Waals surface area contributed by atoms with Crippen molar-refractivity contribution >= 4 is 17.4 Å². The average molecular weight is 348 g/mol. The van der Waals surface area contributed by atoms with Crippen LogP contribution in [0.25, 0.3) is 0 Å². The van der Waals surface area contributed by atoms with Crippen molar-refractivity contribution in [3.05, 3.63) is 77.5 Å². The molecular weight excluding hydrogens is 324 g/mol. The Balaban J connectivity index is 1.57. The topological polar surface area (TPSA) is 50.2 Å². The number of nitrogens with zero attached hydrogens (tertiary/aromatic N) is 3. The third-order valence-electron chi connectivity index (χ3n) is 4.15. The first kappa shape index (κ1) is 17.7. The number of nitrogens with one attached hydrogen (secondary N) is 1. The summed E-state index contributed by atoms with van der Waals surface area (Å²) in [6.07, 6.45) is 2.21. The predicted molar refractivity (Wildman–Crippen MR) is 106 cm³/mol. The van der Waals surface area contributed by atoms with Crippen LogP contribution in [0.1, 0.15) is 16.7 Å². The first-order valence-corrected chi connectivity index (χ1v) is 8.65. The zero-order chi connectivity index (χ0) is 18.5. The quantitative estimate of drug-likeness (QED) is 0.742. The molecule has 0 bridgehead atoms. The highest BCUT2D eigenvalue weighted by atomic mass is 16.1. The summed E-state index contributed by atoms with van der Waals surface area (Å²) in [5.74, 6) is 0.510. The molecule has 5 nitrogen and oxygen atoms in total. The molecule has 0 radical (unpaired) electrons. The van der Waals surface area contributed by atoms with Gasteiger partial charge in [0.25, 0.3) is 0 Å². The van der Waals surface area contributed by atoms with Gasteiger partial charge in [-0.3, -0.25) is 9.48 Å². The Morgan fingerprint density at radius 2 is 1.85 bits per heavy atom. The molecule has 1 amide bonds. The molecule has 2 aromatic carbocycles. The van der Waals surface area contributed by atoms with Crippen LogP contribution in [0.5, 0.6) is 0 Å². The van der Waals surface area contributed by atoms with E-state index in [9.17, 15) is 4.79 Å². The molecule has 0 atom stereocenters. The van der Waals surface area contributed by atoms with Gasteiger partial charge in [-0.05, 0) is 30.2 Å². The molecule has 3 aromatic rings. The standard InChI is InChI=1S/C21H24N4O/c1-16-5-4-6-18(13-16)15-25-12-11-20(23-25)22-21(26)14-17-7-9-19(10-8-17)24(2)3/h4-13H,14-15H2,1-3H3,(H,22,23,26). The van der Waals surface area contributed by atoms with E-state index >= 15 is 0 Å². The van der Waals surface area contributed by atoms with Crippen molar-refractivity contribution in [1.29, 1.82) is 0 Å². The van der Waals surface area contributed by atoms with Gasteiger partial charge in [-0.25, -0.2) is 0 Å². The first-order valence-electron chi connectivity index (χ1n) is 8.65. The smallest absolute Gasteiger partial charge is 0.229 e. The van der Waals surface area contributed by atoms with E-state index in [0.717, 1.165) is 11.3 Å². The average Bonchev–Trinajstić information content (AvgIpc) is 3.02. The summed E-state index contributed by atoms with van der Waals surface area (Å²) in [7, 11) is 3.99. The Bertz CT molecular complexity index is 881. The fraction of sp³-hybridized carbons (Fsp3) is 0.238. The minimum atomic E-state index is -0.0663. The lowest BCUT2D eigenvalue weighted by molar-refractivity contribution is -0.115. The summed E-state index contributed by atoms with van der Waals surface area (Å²) in [4.78, 5) is 14.3. The minimum absolute atomic E-state index is 0.0663. The molecular formula is C21H24N4O. The van der Waals surface area contributed by atoms with Gasteiger partial charge in [-0.2, -0.15) is 5.10 Å². The van der Waals surface area contributed by atoms with Crippen LogP contribution in [0, 0.1) is 6.92 Å². The van der Waals surface area contributed by atoms with Gasteiger partial charge in [0.05, 0.1) is 13.0 Å². The number of hydrogen-bond donors (Lipinski definition) is 1. The number of aryl methyl sites for hydroxylation is 1. The van der Waals surface area contributed by atoms with Crippen LogP contribution in [0.3, 0.4) is 0 Å². The molecule has 0 saturated carbocycles. The second kappa shape index (κ2) is 7.87. The van der Waals surface area contributed by atoms with E-state index in [1.165, 1.54) is 11.1 Å². The Hall–Kier alpha value is -3.08. The maximum absolute atomic E-state index is 12.2. The molecule has 3 rings (SSSR count). The lowest BCUT2D eigenvalue weighted by Gasteiger charge is -2.12. The number of rotatable bonds is 6. The highest BCUT2D eigenvalue weighted by Crippen LogP contribution is 2.13. The normalized spacial score (nSPS) is 10.6.